The van der Waals surface area contributed by atoms with E-state index < -0.39 is 36.6 Å². The van der Waals surface area contributed by atoms with Crippen LogP contribution in [0.3, 0.4) is 0 Å². The summed E-state index contributed by atoms with van der Waals surface area (Å²) in [4.78, 5) is 38.2. The van der Waals surface area contributed by atoms with E-state index in [9.17, 15) is 23.5 Å². The van der Waals surface area contributed by atoms with Crippen molar-refractivity contribution in [3.05, 3.63) is 48.3 Å². The lowest BCUT2D eigenvalue weighted by Gasteiger charge is -2.45. The van der Waals surface area contributed by atoms with Crippen molar-refractivity contribution in [3.63, 3.8) is 0 Å². The number of pyridine rings is 2. The van der Waals surface area contributed by atoms with Crippen LogP contribution in [-0.4, -0.2) is 82.5 Å². The van der Waals surface area contributed by atoms with Crippen molar-refractivity contribution < 1.29 is 33.3 Å². The molecule has 0 spiro atoms. The van der Waals surface area contributed by atoms with Crippen molar-refractivity contribution in [2.45, 2.75) is 37.0 Å². The number of hydrogen-bond donors (Lipinski definition) is 4. The topological polar surface area (TPSA) is 140 Å². The number of aromatic nitrogens is 2. The molecule has 1 saturated heterocycles. The van der Waals surface area contributed by atoms with Gasteiger partial charge in [0, 0.05) is 25.4 Å². The highest BCUT2D eigenvalue weighted by molar-refractivity contribution is 6.04. The Bertz CT molecular complexity index is 1230. The zero-order chi connectivity index (χ0) is 26.2. The van der Waals surface area contributed by atoms with Gasteiger partial charge in [-0.15, -0.1) is 0 Å². The van der Waals surface area contributed by atoms with Crippen LogP contribution in [-0.2, 0) is 0 Å². The third kappa shape index (κ3) is 5.04. The van der Waals surface area contributed by atoms with Gasteiger partial charge < -0.3 is 25.2 Å². The van der Waals surface area contributed by atoms with Crippen molar-refractivity contribution in [1.29, 1.82) is 0 Å². The van der Waals surface area contributed by atoms with Crippen molar-refractivity contribution >= 4 is 29.3 Å². The van der Waals surface area contributed by atoms with E-state index in [1.54, 1.807) is 12.1 Å². The number of ether oxygens (including phenoxy) is 1. The van der Waals surface area contributed by atoms with E-state index >= 15 is 0 Å². The summed E-state index contributed by atoms with van der Waals surface area (Å²) in [5.74, 6) is -3.09. The number of carbonyl (C=O) groups is 2. The van der Waals surface area contributed by atoms with Crippen LogP contribution in [0.5, 0.6) is 5.75 Å². The molecule has 0 saturated carbocycles. The second kappa shape index (κ2) is 9.90. The van der Waals surface area contributed by atoms with E-state index in [2.05, 4.69) is 25.5 Å². The van der Waals surface area contributed by atoms with Gasteiger partial charge in [0.1, 0.15) is 36.0 Å². The van der Waals surface area contributed by atoms with Crippen molar-refractivity contribution in [3.8, 4) is 5.75 Å². The zero-order valence-electron chi connectivity index (χ0n) is 19.7. The molecule has 0 unspecified atom stereocenters. The average molecular weight is 517 g/mol. The predicted molar refractivity (Wildman–Crippen MR) is 129 cm³/mol. The maximum atomic E-state index is 13.6. The molecule has 0 aromatic carbocycles. The summed E-state index contributed by atoms with van der Waals surface area (Å²) < 4.78 is 32.6. The van der Waals surface area contributed by atoms with E-state index in [0.717, 1.165) is 25.5 Å². The lowest BCUT2D eigenvalue weighted by atomic mass is 9.98. The highest BCUT2D eigenvalue weighted by Gasteiger charge is 2.44. The monoisotopic (exact) mass is 516 g/mol. The van der Waals surface area contributed by atoms with Crippen molar-refractivity contribution in [1.82, 2.24) is 15.3 Å². The van der Waals surface area contributed by atoms with Gasteiger partial charge in [0.25, 0.3) is 11.8 Å². The molecule has 196 valence electrons. The molecule has 2 aliphatic heterocycles. The van der Waals surface area contributed by atoms with E-state index in [0.29, 0.717) is 18.0 Å². The van der Waals surface area contributed by atoms with Crippen LogP contribution in [0.2, 0.25) is 0 Å². The Kier molecular flexibility index (Phi) is 6.65. The summed E-state index contributed by atoms with van der Waals surface area (Å²) in [5, 5.41) is 23.4. The van der Waals surface area contributed by atoms with Gasteiger partial charge in [-0.1, -0.05) is 6.08 Å². The van der Waals surface area contributed by atoms with Crippen LogP contribution >= 0.6 is 0 Å². The summed E-state index contributed by atoms with van der Waals surface area (Å²) >= 11 is 0. The Hall–Kier alpha value is -3.84. The number of anilines is 3. The lowest BCUT2D eigenvalue weighted by molar-refractivity contribution is 0.00893. The van der Waals surface area contributed by atoms with Crippen molar-refractivity contribution in [2.24, 2.45) is 0 Å². The third-order valence-corrected chi connectivity index (χ3v) is 6.47. The van der Waals surface area contributed by atoms with E-state index in [-0.39, 0.29) is 30.0 Å². The number of amides is 3. The Morgan fingerprint density at radius 3 is 2.86 bits per heavy atom. The van der Waals surface area contributed by atoms with Gasteiger partial charge in [-0.2, -0.15) is 8.78 Å². The zero-order valence-corrected chi connectivity index (χ0v) is 19.7. The highest BCUT2D eigenvalue weighted by atomic mass is 19.3. The highest BCUT2D eigenvalue weighted by Crippen LogP contribution is 2.38. The summed E-state index contributed by atoms with van der Waals surface area (Å²) in [6.07, 6.45) is 3.89. The lowest BCUT2D eigenvalue weighted by Crippen LogP contribution is -2.56. The molecular formula is C24H26F2N6O5. The summed E-state index contributed by atoms with van der Waals surface area (Å²) in [5.41, 5.74) is 0.587. The van der Waals surface area contributed by atoms with E-state index in [1.165, 1.54) is 29.3 Å². The van der Waals surface area contributed by atoms with Crippen molar-refractivity contribution in [2.75, 3.05) is 41.4 Å². The molecule has 2 bridgehead atoms. The fraction of sp³-hybridized carbons (Fsp3) is 0.417. The molecule has 5 rings (SSSR count). The number of aliphatic hydroxyl groups is 2. The Morgan fingerprint density at radius 1 is 1.30 bits per heavy atom. The average Bonchev–Trinajstić information content (AvgIpc) is 2.89. The number of carbonyl (C=O) groups excluding carboxylic acids is 2. The SMILES string of the molecule is O=C(N[C@H]1C=CC1(F)F)c1ccc2c(n1)N(C(=O)Nc1cc(OC[C@H](O)CO)ccn1)[C@H]1CCCN2C1. The second-order valence-electron chi connectivity index (χ2n) is 9.09. The van der Waals surface area contributed by atoms with E-state index in [4.69, 9.17) is 9.84 Å². The van der Waals surface area contributed by atoms with Gasteiger partial charge in [0.15, 0.2) is 5.82 Å². The Labute approximate surface area is 210 Å². The maximum absolute atomic E-state index is 13.6. The van der Waals surface area contributed by atoms with Gasteiger partial charge in [0.05, 0.1) is 18.3 Å². The molecule has 13 heteroatoms. The van der Waals surface area contributed by atoms with Crippen LogP contribution < -0.4 is 25.2 Å². The largest absolute Gasteiger partial charge is 0.491 e. The maximum Gasteiger partial charge on any atom is 0.329 e. The molecule has 11 nitrogen and oxygen atoms in total. The minimum Gasteiger partial charge on any atom is -0.491 e. The summed E-state index contributed by atoms with van der Waals surface area (Å²) in [6.45, 7) is 0.769. The van der Waals surface area contributed by atoms with Gasteiger partial charge in [0.2, 0.25) is 0 Å². The standard InChI is InChI=1S/C24H26F2N6O5/c25-24(26)7-5-19(24)29-22(35)17-3-4-18-21(28-17)32(14-2-1-9-31(18)11-14)23(36)30-20-10-16(6-8-27-20)37-13-15(34)12-33/h3-8,10,14-15,19,33-34H,1-2,9,11-13H2,(H,29,35)(H,27,30,36)/t14-,15+,19-/m0/s1. The Balaban J connectivity index is 1.37. The molecule has 3 amide bonds. The number of hydrogen-bond acceptors (Lipinski definition) is 8. The van der Waals surface area contributed by atoms with Gasteiger partial charge in [-0.3, -0.25) is 15.0 Å². The predicted octanol–water partition coefficient (Wildman–Crippen LogP) is 1.53. The minimum atomic E-state index is -3.11. The number of fused-ring (bicyclic) bond motifs is 4. The molecule has 3 atom stereocenters. The Morgan fingerprint density at radius 2 is 2.14 bits per heavy atom. The fourth-order valence-electron chi connectivity index (χ4n) is 4.49. The third-order valence-electron chi connectivity index (χ3n) is 6.47. The number of alkyl halides is 2. The molecule has 4 N–H and O–H groups in total. The fourth-order valence-corrected chi connectivity index (χ4v) is 4.49. The smallest absolute Gasteiger partial charge is 0.329 e. The minimum absolute atomic E-state index is 0.0789. The molecule has 1 fully saturated rings. The summed E-state index contributed by atoms with van der Waals surface area (Å²) in [7, 11) is 0. The van der Waals surface area contributed by atoms with E-state index in [1.807, 2.05) is 0 Å². The first-order chi connectivity index (χ1) is 17.7. The molecular weight excluding hydrogens is 490 g/mol. The number of nitrogens with zero attached hydrogens (tertiary/aromatic N) is 4. The first-order valence-corrected chi connectivity index (χ1v) is 11.9. The van der Waals surface area contributed by atoms with Crippen LogP contribution in [0.25, 0.3) is 0 Å². The summed E-state index contributed by atoms with van der Waals surface area (Å²) in [6, 6.07) is 4.01. The molecule has 3 aliphatic rings. The van der Waals surface area contributed by atoms with Gasteiger partial charge >= 0.3 is 6.03 Å². The number of urea groups is 1. The molecule has 0 radical (unpaired) electrons. The molecule has 2 aromatic heterocycles. The van der Waals surface area contributed by atoms with Crippen LogP contribution in [0.15, 0.2) is 42.6 Å². The number of nitrogens with one attached hydrogen (secondary N) is 2. The molecule has 2 aromatic rings. The molecule has 37 heavy (non-hydrogen) atoms. The first kappa shape index (κ1) is 24.8. The number of piperidine rings is 1. The quantitative estimate of drug-likeness (QED) is 0.407. The number of halogens is 2. The van der Waals surface area contributed by atoms with Gasteiger partial charge in [-0.25, -0.2) is 14.8 Å². The first-order valence-electron chi connectivity index (χ1n) is 11.9. The van der Waals surface area contributed by atoms with Crippen LogP contribution in [0.4, 0.5) is 30.9 Å². The van der Waals surface area contributed by atoms with Crippen LogP contribution in [0.1, 0.15) is 23.3 Å². The number of rotatable bonds is 7. The molecule has 1 aliphatic carbocycles. The normalized spacial score (nSPS) is 21.9. The number of aliphatic hydroxyl groups excluding tert-OH is 2. The second-order valence-corrected chi connectivity index (χ2v) is 9.09. The van der Waals surface area contributed by atoms with Gasteiger partial charge in [-0.05, 0) is 37.1 Å². The van der Waals surface area contributed by atoms with Crippen LogP contribution in [0, 0.1) is 0 Å². The molecule has 4 heterocycles.